The molecule has 0 bridgehead atoms. The minimum atomic E-state index is 0.518. The van der Waals surface area contributed by atoms with Crippen LogP contribution in [0.3, 0.4) is 0 Å². The van der Waals surface area contributed by atoms with Gasteiger partial charge in [0.05, 0.1) is 30.5 Å². The van der Waals surface area contributed by atoms with Crippen molar-refractivity contribution in [3.63, 3.8) is 0 Å². The number of nitrogen functional groups attached to an aromatic ring is 1. The summed E-state index contributed by atoms with van der Waals surface area (Å²) in [6, 6.07) is 12.8. The van der Waals surface area contributed by atoms with Gasteiger partial charge in [0.1, 0.15) is 17.2 Å². The van der Waals surface area contributed by atoms with Crippen molar-refractivity contribution in [2.45, 2.75) is 13.3 Å². The maximum absolute atomic E-state index is 5.85. The van der Waals surface area contributed by atoms with Gasteiger partial charge in [-0.15, -0.1) is 0 Å². The van der Waals surface area contributed by atoms with E-state index in [1.807, 2.05) is 31.2 Å². The van der Waals surface area contributed by atoms with Crippen LogP contribution in [0.5, 0.6) is 17.2 Å². The summed E-state index contributed by atoms with van der Waals surface area (Å²) in [6.07, 6.45) is 0.774. The van der Waals surface area contributed by atoms with Gasteiger partial charge >= 0.3 is 0 Å². The summed E-state index contributed by atoms with van der Waals surface area (Å²) in [6.45, 7) is 3.75. The molecule has 0 saturated heterocycles. The molecule has 0 aliphatic rings. The molecule has 2 aromatic carbocycles. The Hall–Kier alpha value is -2.07. The lowest BCUT2D eigenvalue weighted by Gasteiger charge is -2.09. The van der Waals surface area contributed by atoms with E-state index in [1.165, 1.54) is 0 Å². The molecular weight excluding hydrogens is 302 g/mol. The molecule has 0 aliphatic heterocycles. The Bertz CT molecular complexity index is 587. The van der Waals surface area contributed by atoms with Gasteiger partial charge in [0, 0.05) is 12.5 Å². The SMILES string of the molecule is CCOc1ccc(OCCCOc2ccc(Cl)c(N)c2)cc1. The predicted molar refractivity (Wildman–Crippen MR) is 89.1 cm³/mol. The van der Waals surface area contributed by atoms with Crippen molar-refractivity contribution in [1.29, 1.82) is 0 Å². The average Bonchev–Trinajstić information content (AvgIpc) is 2.52. The number of hydrogen-bond acceptors (Lipinski definition) is 4. The Labute approximate surface area is 135 Å². The maximum atomic E-state index is 5.85. The first-order valence-corrected chi connectivity index (χ1v) is 7.60. The van der Waals surface area contributed by atoms with E-state index in [-0.39, 0.29) is 0 Å². The molecule has 0 radical (unpaired) electrons. The molecule has 0 amide bonds. The Morgan fingerprint density at radius 2 is 1.41 bits per heavy atom. The third kappa shape index (κ3) is 5.04. The highest BCUT2D eigenvalue weighted by Gasteiger charge is 2.00. The van der Waals surface area contributed by atoms with E-state index in [2.05, 4.69) is 0 Å². The van der Waals surface area contributed by atoms with Crippen molar-refractivity contribution in [2.75, 3.05) is 25.6 Å². The Kier molecular flexibility index (Phi) is 6.22. The number of rotatable bonds is 8. The van der Waals surface area contributed by atoms with Crippen LogP contribution in [0.4, 0.5) is 5.69 Å². The van der Waals surface area contributed by atoms with Gasteiger partial charge in [-0.2, -0.15) is 0 Å². The normalized spacial score (nSPS) is 10.3. The van der Waals surface area contributed by atoms with Gasteiger partial charge in [-0.1, -0.05) is 11.6 Å². The van der Waals surface area contributed by atoms with E-state index >= 15 is 0 Å². The van der Waals surface area contributed by atoms with Crippen molar-refractivity contribution in [1.82, 2.24) is 0 Å². The van der Waals surface area contributed by atoms with Crippen LogP contribution in [0.1, 0.15) is 13.3 Å². The summed E-state index contributed by atoms with van der Waals surface area (Å²) >= 11 is 5.85. The fraction of sp³-hybridized carbons (Fsp3) is 0.294. The molecule has 0 unspecified atom stereocenters. The summed E-state index contributed by atoms with van der Waals surface area (Å²) in [5.74, 6) is 2.38. The molecule has 5 heteroatoms. The quantitative estimate of drug-likeness (QED) is 0.585. The standard InChI is InChI=1S/C17H20ClNO3/c1-2-20-13-4-6-14(7-5-13)21-10-3-11-22-15-8-9-16(18)17(19)12-15/h4-9,12H,2-3,10-11,19H2,1H3. The lowest BCUT2D eigenvalue weighted by atomic mass is 10.3. The molecule has 2 aromatic rings. The summed E-state index contributed by atoms with van der Waals surface area (Å²) in [5, 5.41) is 0.534. The van der Waals surface area contributed by atoms with Gasteiger partial charge in [-0.05, 0) is 43.3 Å². The molecule has 22 heavy (non-hydrogen) atoms. The topological polar surface area (TPSA) is 53.7 Å². The lowest BCUT2D eigenvalue weighted by Crippen LogP contribution is -2.05. The zero-order valence-electron chi connectivity index (χ0n) is 12.5. The number of nitrogens with two attached hydrogens (primary N) is 1. The highest BCUT2D eigenvalue weighted by Crippen LogP contribution is 2.24. The van der Waals surface area contributed by atoms with E-state index in [1.54, 1.807) is 18.2 Å². The smallest absolute Gasteiger partial charge is 0.121 e. The molecule has 0 heterocycles. The zero-order chi connectivity index (χ0) is 15.8. The van der Waals surface area contributed by atoms with Gasteiger partial charge < -0.3 is 19.9 Å². The first kappa shape index (κ1) is 16.3. The number of benzene rings is 2. The van der Waals surface area contributed by atoms with Crippen LogP contribution in [0, 0.1) is 0 Å². The Balaban J connectivity index is 1.67. The predicted octanol–water partition coefficient (Wildman–Crippen LogP) is 4.17. The van der Waals surface area contributed by atoms with E-state index in [9.17, 15) is 0 Å². The van der Waals surface area contributed by atoms with Gasteiger partial charge in [0.15, 0.2) is 0 Å². The minimum absolute atomic E-state index is 0.518. The van der Waals surface area contributed by atoms with E-state index < -0.39 is 0 Å². The number of hydrogen-bond donors (Lipinski definition) is 1. The number of halogens is 1. The third-order valence-corrected chi connectivity index (χ3v) is 3.27. The van der Waals surface area contributed by atoms with Crippen molar-refractivity contribution in [3.05, 3.63) is 47.5 Å². The Morgan fingerprint density at radius 1 is 0.864 bits per heavy atom. The minimum Gasteiger partial charge on any atom is -0.494 e. The molecule has 4 nitrogen and oxygen atoms in total. The lowest BCUT2D eigenvalue weighted by molar-refractivity contribution is 0.247. The maximum Gasteiger partial charge on any atom is 0.121 e. The molecule has 2 N–H and O–H groups in total. The Morgan fingerprint density at radius 3 is 2.00 bits per heavy atom. The van der Waals surface area contributed by atoms with E-state index in [0.717, 1.165) is 17.9 Å². The second-order valence-corrected chi connectivity index (χ2v) is 5.05. The molecule has 0 atom stereocenters. The van der Waals surface area contributed by atoms with Crippen LogP contribution < -0.4 is 19.9 Å². The van der Waals surface area contributed by atoms with Gasteiger partial charge in [-0.25, -0.2) is 0 Å². The van der Waals surface area contributed by atoms with Gasteiger partial charge in [0.2, 0.25) is 0 Å². The molecule has 2 rings (SSSR count). The molecule has 0 saturated carbocycles. The molecular formula is C17H20ClNO3. The van der Waals surface area contributed by atoms with Crippen LogP contribution in [0.15, 0.2) is 42.5 Å². The summed E-state index contributed by atoms with van der Waals surface area (Å²) in [4.78, 5) is 0. The van der Waals surface area contributed by atoms with E-state index in [0.29, 0.717) is 36.3 Å². The molecule has 0 spiro atoms. The molecule has 0 aromatic heterocycles. The molecule has 118 valence electrons. The molecule has 0 fully saturated rings. The average molecular weight is 322 g/mol. The number of anilines is 1. The van der Waals surface area contributed by atoms with Crippen molar-refractivity contribution in [2.24, 2.45) is 0 Å². The van der Waals surface area contributed by atoms with Gasteiger partial charge in [-0.3, -0.25) is 0 Å². The van der Waals surface area contributed by atoms with Crippen LogP contribution in [0.2, 0.25) is 5.02 Å². The van der Waals surface area contributed by atoms with Crippen molar-refractivity contribution < 1.29 is 14.2 Å². The van der Waals surface area contributed by atoms with E-state index in [4.69, 9.17) is 31.5 Å². The fourth-order valence-corrected chi connectivity index (χ4v) is 1.97. The van der Waals surface area contributed by atoms with Crippen molar-refractivity contribution in [3.8, 4) is 17.2 Å². The van der Waals surface area contributed by atoms with Crippen molar-refractivity contribution >= 4 is 17.3 Å². The second kappa shape index (κ2) is 8.39. The second-order valence-electron chi connectivity index (χ2n) is 4.64. The number of ether oxygens (including phenoxy) is 3. The summed E-state index contributed by atoms with van der Waals surface area (Å²) in [5.41, 5.74) is 6.23. The first-order valence-electron chi connectivity index (χ1n) is 7.22. The summed E-state index contributed by atoms with van der Waals surface area (Å²) in [7, 11) is 0. The third-order valence-electron chi connectivity index (χ3n) is 2.93. The molecule has 0 aliphatic carbocycles. The summed E-state index contributed by atoms with van der Waals surface area (Å²) < 4.78 is 16.6. The highest BCUT2D eigenvalue weighted by atomic mass is 35.5. The first-order chi connectivity index (χ1) is 10.7. The zero-order valence-corrected chi connectivity index (χ0v) is 13.3. The van der Waals surface area contributed by atoms with Crippen LogP contribution in [-0.4, -0.2) is 19.8 Å². The highest BCUT2D eigenvalue weighted by molar-refractivity contribution is 6.33. The largest absolute Gasteiger partial charge is 0.494 e. The van der Waals surface area contributed by atoms with Crippen LogP contribution in [-0.2, 0) is 0 Å². The monoisotopic (exact) mass is 321 g/mol. The van der Waals surface area contributed by atoms with Crippen LogP contribution in [0.25, 0.3) is 0 Å². The fourth-order valence-electron chi connectivity index (χ4n) is 1.85. The van der Waals surface area contributed by atoms with Gasteiger partial charge in [0.25, 0.3) is 0 Å². The van der Waals surface area contributed by atoms with Crippen LogP contribution >= 0.6 is 11.6 Å².